The average Bonchev–Trinajstić information content (AvgIpc) is 2.85. The molecule has 0 atom stereocenters. The van der Waals surface area contributed by atoms with Gasteiger partial charge in [0.05, 0.1) is 13.0 Å². The number of hydrogen-bond donors (Lipinski definition) is 1. The minimum absolute atomic E-state index is 0.0246. The van der Waals surface area contributed by atoms with Gasteiger partial charge in [-0.1, -0.05) is 12.1 Å². The Bertz CT molecular complexity index is 413. The Hall–Kier alpha value is -1.47. The zero-order chi connectivity index (χ0) is 13.7. The Kier molecular flexibility index (Phi) is 4.86. The molecule has 0 saturated carbocycles. The fourth-order valence-electron chi connectivity index (χ4n) is 2.13. The van der Waals surface area contributed by atoms with Crippen LogP contribution in [0.1, 0.15) is 25.1 Å². The first kappa shape index (κ1) is 14.0. The van der Waals surface area contributed by atoms with Crippen molar-refractivity contribution in [1.29, 1.82) is 0 Å². The lowest BCUT2D eigenvalue weighted by Crippen LogP contribution is -2.45. The van der Waals surface area contributed by atoms with Gasteiger partial charge in [-0.3, -0.25) is 9.69 Å². The lowest BCUT2D eigenvalue weighted by atomic mass is 10.3. The summed E-state index contributed by atoms with van der Waals surface area (Å²) in [4.78, 5) is 19.4. The van der Waals surface area contributed by atoms with Gasteiger partial charge < -0.3 is 14.5 Å². The van der Waals surface area contributed by atoms with Crippen molar-refractivity contribution in [3.05, 3.63) is 11.7 Å². The van der Waals surface area contributed by atoms with Crippen LogP contribution >= 0.6 is 0 Å². The first-order chi connectivity index (χ1) is 9.17. The van der Waals surface area contributed by atoms with Crippen LogP contribution in [0.15, 0.2) is 4.52 Å². The number of aliphatic carboxylic acids is 1. The molecule has 2 rings (SSSR count). The number of likely N-dealkylation sites (N-methyl/N-ethyl adjacent to an activating group) is 1. The first-order valence-corrected chi connectivity index (χ1v) is 6.65. The smallest absolute Gasteiger partial charge is 0.303 e. The van der Waals surface area contributed by atoms with Crippen LogP contribution in [0.4, 0.5) is 0 Å². The first-order valence-electron chi connectivity index (χ1n) is 6.65. The van der Waals surface area contributed by atoms with E-state index in [0.717, 1.165) is 32.7 Å². The Labute approximate surface area is 112 Å². The van der Waals surface area contributed by atoms with Crippen molar-refractivity contribution in [3.8, 4) is 0 Å². The molecule has 1 aromatic rings. The maximum Gasteiger partial charge on any atom is 0.303 e. The van der Waals surface area contributed by atoms with E-state index in [4.69, 9.17) is 9.63 Å². The normalized spacial score (nSPS) is 17.7. The van der Waals surface area contributed by atoms with Gasteiger partial charge in [-0.15, -0.1) is 0 Å². The standard InChI is InChI=1S/C12H20N4O3/c1-2-15-5-7-16(8-6-15)9-10-13-11(19-14-10)3-4-12(17)18/h2-9H2,1H3,(H,17,18). The molecular weight excluding hydrogens is 248 g/mol. The van der Waals surface area contributed by atoms with E-state index in [1.807, 2.05) is 0 Å². The van der Waals surface area contributed by atoms with Gasteiger partial charge in [0, 0.05) is 32.6 Å². The molecule has 0 amide bonds. The van der Waals surface area contributed by atoms with Gasteiger partial charge in [-0.05, 0) is 6.54 Å². The third-order valence-electron chi connectivity index (χ3n) is 3.34. The van der Waals surface area contributed by atoms with Crippen LogP contribution in [0.2, 0.25) is 0 Å². The summed E-state index contributed by atoms with van der Waals surface area (Å²) in [6.45, 7) is 8.09. The second-order valence-corrected chi connectivity index (χ2v) is 4.71. The Morgan fingerprint density at radius 3 is 2.63 bits per heavy atom. The Morgan fingerprint density at radius 2 is 2.00 bits per heavy atom. The minimum atomic E-state index is -0.851. The minimum Gasteiger partial charge on any atom is -0.481 e. The molecule has 1 aliphatic heterocycles. The Morgan fingerprint density at radius 1 is 1.32 bits per heavy atom. The molecule has 0 aliphatic carbocycles. The number of aryl methyl sites for hydroxylation is 1. The number of carboxylic acid groups (broad SMARTS) is 1. The molecule has 0 aromatic carbocycles. The van der Waals surface area contributed by atoms with Crippen molar-refractivity contribution in [3.63, 3.8) is 0 Å². The molecule has 7 nitrogen and oxygen atoms in total. The van der Waals surface area contributed by atoms with Crippen LogP contribution in [0, 0.1) is 0 Å². The summed E-state index contributed by atoms with van der Waals surface area (Å²) in [7, 11) is 0. The van der Waals surface area contributed by atoms with Crippen LogP contribution in [-0.4, -0.2) is 63.7 Å². The number of piperazine rings is 1. The summed E-state index contributed by atoms with van der Waals surface area (Å²) >= 11 is 0. The monoisotopic (exact) mass is 268 g/mol. The maximum absolute atomic E-state index is 10.5. The number of aromatic nitrogens is 2. The highest BCUT2D eigenvalue weighted by Crippen LogP contribution is 2.07. The fourth-order valence-corrected chi connectivity index (χ4v) is 2.13. The molecule has 1 aliphatic rings. The fraction of sp³-hybridized carbons (Fsp3) is 0.750. The Balaban J connectivity index is 1.78. The van der Waals surface area contributed by atoms with Crippen molar-refractivity contribution in [2.45, 2.75) is 26.3 Å². The van der Waals surface area contributed by atoms with E-state index in [0.29, 0.717) is 24.7 Å². The van der Waals surface area contributed by atoms with E-state index >= 15 is 0 Å². The summed E-state index contributed by atoms with van der Waals surface area (Å²) in [5.41, 5.74) is 0. The summed E-state index contributed by atoms with van der Waals surface area (Å²) in [6.07, 6.45) is 0.322. The van der Waals surface area contributed by atoms with Gasteiger partial charge in [-0.2, -0.15) is 4.98 Å². The second kappa shape index (κ2) is 6.63. The van der Waals surface area contributed by atoms with Gasteiger partial charge in [0.15, 0.2) is 5.82 Å². The van der Waals surface area contributed by atoms with Crippen LogP contribution in [0.3, 0.4) is 0 Å². The summed E-state index contributed by atoms with van der Waals surface area (Å²) < 4.78 is 5.04. The summed E-state index contributed by atoms with van der Waals surface area (Å²) in [5, 5.41) is 12.5. The quantitative estimate of drug-likeness (QED) is 0.790. The van der Waals surface area contributed by atoms with Gasteiger partial charge in [0.25, 0.3) is 0 Å². The van der Waals surface area contributed by atoms with E-state index in [9.17, 15) is 4.79 Å². The lowest BCUT2D eigenvalue weighted by molar-refractivity contribution is -0.137. The van der Waals surface area contributed by atoms with Crippen molar-refractivity contribution in [1.82, 2.24) is 19.9 Å². The molecule has 1 N–H and O–H groups in total. The predicted molar refractivity (Wildman–Crippen MR) is 67.6 cm³/mol. The van der Waals surface area contributed by atoms with Crippen LogP contribution in [-0.2, 0) is 17.8 Å². The van der Waals surface area contributed by atoms with Crippen molar-refractivity contribution in [2.75, 3.05) is 32.7 Å². The number of carboxylic acids is 1. The van der Waals surface area contributed by atoms with Crippen LogP contribution in [0.25, 0.3) is 0 Å². The summed E-state index contributed by atoms with van der Waals surface area (Å²) in [5.74, 6) is 0.199. The highest BCUT2D eigenvalue weighted by atomic mass is 16.5. The molecule has 1 saturated heterocycles. The third kappa shape index (κ3) is 4.29. The van der Waals surface area contributed by atoms with Crippen LogP contribution in [0.5, 0.6) is 0 Å². The number of hydrogen-bond acceptors (Lipinski definition) is 6. The van der Waals surface area contributed by atoms with E-state index in [1.165, 1.54) is 0 Å². The zero-order valence-corrected chi connectivity index (χ0v) is 11.2. The highest BCUT2D eigenvalue weighted by molar-refractivity contribution is 5.66. The van der Waals surface area contributed by atoms with E-state index in [2.05, 4.69) is 26.9 Å². The SMILES string of the molecule is CCN1CCN(Cc2noc(CCC(=O)O)n2)CC1. The van der Waals surface area contributed by atoms with E-state index in [-0.39, 0.29) is 6.42 Å². The van der Waals surface area contributed by atoms with Crippen molar-refractivity contribution >= 4 is 5.97 Å². The molecule has 7 heteroatoms. The molecule has 2 heterocycles. The molecule has 1 aromatic heterocycles. The zero-order valence-electron chi connectivity index (χ0n) is 11.2. The van der Waals surface area contributed by atoms with E-state index < -0.39 is 5.97 Å². The van der Waals surface area contributed by atoms with E-state index in [1.54, 1.807) is 0 Å². The van der Waals surface area contributed by atoms with Crippen LogP contribution < -0.4 is 0 Å². The lowest BCUT2D eigenvalue weighted by Gasteiger charge is -2.33. The number of nitrogens with zero attached hydrogens (tertiary/aromatic N) is 4. The number of carbonyl (C=O) groups is 1. The van der Waals surface area contributed by atoms with Gasteiger partial charge in [0.1, 0.15) is 0 Å². The topological polar surface area (TPSA) is 82.7 Å². The van der Waals surface area contributed by atoms with Crippen molar-refractivity contribution < 1.29 is 14.4 Å². The predicted octanol–water partition coefficient (Wildman–Crippen LogP) is 0.224. The third-order valence-corrected chi connectivity index (χ3v) is 3.34. The maximum atomic E-state index is 10.5. The average molecular weight is 268 g/mol. The molecule has 0 bridgehead atoms. The second-order valence-electron chi connectivity index (χ2n) is 4.71. The molecule has 0 radical (unpaired) electrons. The van der Waals surface area contributed by atoms with Gasteiger partial charge in [0.2, 0.25) is 5.89 Å². The molecule has 0 unspecified atom stereocenters. The van der Waals surface area contributed by atoms with Gasteiger partial charge in [-0.25, -0.2) is 0 Å². The molecule has 1 fully saturated rings. The molecular formula is C12H20N4O3. The summed E-state index contributed by atoms with van der Waals surface area (Å²) in [6, 6.07) is 0. The van der Waals surface area contributed by atoms with Gasteiger partial charge >= 0.3 is 5.97 Å². The largest absolute Gasteiger partial charge is 0.481 e. The molecule has 19 heavy (non-hydrogen) atoms. The molecule has 0 spiro atoms. The highest BCUT2D eigenvalue weighted by Gasteiger charge is 2.17. The molecule has 106 valence electrons. The number of rotatable bonds is 6. The van der Waals surface area contributed by atoms with Crippen molar-refractivity contribution in [2.24, 2.45) is 0 Å².